The minimum Gasteiger partial charge on any atom is -0.435 e. The average molecular weight is 371 g/mol. The first-order valence-corrected chi connectivity index (χ1v) is 8.94. The number of carbonyl (C=O) groups is 1. The number of halogens is 1. The van der Waals surface area contributed by atoms with Crippen molar-refractivity contribution in [2.24, 2.45) is 5.73 Å². The molecule has 1 saturated carbocycles. The third-order valence-electron chi connectivity index (χ3n) is 4.89. The molecule has 4 rings (SSSR count). The molecule has 1 aliphatic rings. The molecule has 26 heavy (non-hydrogen) atoms. The molecule has 1 fully saturated rings. The quantitative estimate of drug-likeness (QED) is 0.762. The Morgan fingerprint density at radius 2 is 2.15 bits per heavy atom. The lowest BCUT2D eigenvalue weighted by Crippen LogP contribution is -2.36. The molecule has 7 heteroatoms. The van der Waals surface area contributed by atoms with E-state index in [2.05, 4.69) is 9.97 Å². The summed E-state index contributed by atoms with van der Waals surface area (Å²) in [6, 6.07) is 9.14. The highest BCUT2D eigenvalue weighted by atomic mass is 35.5. The van der Waals surface area contributed by atoms with Gasteiger partial charge in [0.25, 0.3) is 5.91 Å². The average Bonchev–Trinajstić information content (AvgIpc) is 3.26. The van der Waals surface area contributed by atoms with Crippen LogP contribution >= 0.6 is 11.6 Å². The van der Waals surface area contributed by atoms with E-state index in [1.54, 1.807) is 41.4 Å². The first kappa shape index (κ1) is 17.0. The maximum Gasteiger partial charge on any atom is 0.255 e. The van der Waals surface area contributed by atoms with Crippen molar-refractivity contribution in [3.63, 3.8) is 0 Å². The predicted molar refractivity (Wildman–Crippen MR) is 100.0 cm³/mol. The molecule has 1 aromatic carbocycles. The molecule has 2 atom stereocenters. The van der Waals surface area contributed by atoms with Crippen LogP contribution in [0.4, 0.5) is 0 Å². The van der Waals surface area contributed by atoms with Gasteiger partial charge in [-0.1, -0.05) is 11.6 Å². The fourth-order valence-electron chi connectivity index (χ4n) is 3.37. The number of rotatable bonds is 3. The molecule has 2 N–H and O–H groups in total. The largest absolute Gasteiger partial charge is 0.435 e. The van der Waals surface area contributed by atoms with E-state index >= 15 is 0 Å². The van der Waals surface area contributed by atoms with Crippen LogP contribution in [0.15, 0.2) is 40.9 Å². The van der Waals surface area contributed by atoms with Crippen LogP contribution < -0.4 is 5.73 Å². The number of oxazole rings is 1. The van der Waals surface area contributed by atoms with Gasteiger partial charge in [-0.15, -0.1) is 0 Å². The van der Waals surface area contributed by atoms with E-state index < -0.39 is 0 Å². The lowest BCUT2D eigenvalue weighted by molar-refractivity contribution is 0.0734. The molecular weight excluding hydrogens is 352 g/mol. The summed E-state index contributed by atoms with van der Waals surface area (Å²) in [5, 5.41) is 0.587. The highest BCUT2D eigenvalue weighted by Gasteiger charge is 2.28. The van der Waals surface area contributed by atoms with Crippen LogP contribution in [-0.4, -0.2) is 39.9 Å². The Morgan fingerprint density at radius 3 is 2.85 bits per heavy atom. The zero-order chi connectivity index (χ0) is 18.3. The molecule has 2 heterocycles. The fourth-order valence-corrected chi connectivity index (χ4v) is 3.53. The minimum atomic E-state index is -0.0486. The Morgan fingerprint density at radius 1 is 1.31 bits per heavy atom. The Bertz CT molecular complexity index is 954. The number of aromatic nitrogens is 2. The van der Waals surface area contributed by atoms with Gasteiger partial charge in [0.2, 0.25) is 5.89 Å². The molecule has 0 bridgehead atoms. The summed E-state index contributed by atoms with van der Waals surface area (Å²) in [5.74, 6) is 0.351. The summed E-state index contributed by atoms with van der Waals surface area (Å²) in [6.45, 7) is 0. The van der Waals surface area contributed by atoms with E-state index in [0.29, 0.717) is 33.3 Å². The van der Waals surface area contributed by atoms with Crippen LogP contribution in [0.3, 0.4) is 0 Å². The van der Waals surface area contributed by atoms with Gasteiger partial charge in [-0.3, -0.25) is 9.78 Å². The zero-order valence-corrected chi connectivity index (χ0v) is 15.1. The van der Waals surface area contributed by atoms with Crippen molar-refractivity contribution < 1.29 is 9.21 Å². The second kappa shape index (κ2) is 6.70. The number of amides is 1. The van der Waals surface area contributed by atoms with Gasteiger partial charge in [0.15, 0.2) is 5.58 Å². The fraction of sp³-hybridized carbons (Fsp3) is 0.316. The van der Waals surface area contributed by atoms with E-state index in [0.717, 1.165) is 19.3 Å². The summed E-state index contributed by atoms with van der Waals surface area (Å²) >= 11 is 5.97. The summed E-state index contributed by atoms with van der Waals surface area (Å²) in [4.78, 5) is 23.2. The standard InChI is InChI=1S/C19H19ClN4O2/c1-24(14-5-4-13(21)9-14)19(25)11-2-6-16(22-10-11)18-23-15-7-3-12(20)8-17(15)26-18/h2-3,6-8,10,13-14H,4-5,9,21H2,1H3. The van der Waals surface area contributed by atoms with Crippen molar-refractivity contribution in [3.8, 4) is 11.6 Å². The maximum atomic E-state index is 12.7. The molecule has 2 unspecified atom stereocenters. The number of nitrogens with two attached hydrogens (primary N) is 1. The third kappa shape index (κ3) is 3.18. The first-order chi connectivity index (χ1) is 12.5. The van der Waals surface area contributed by atoms with E-state index in [1.807, 2.05) is 7.05 Å². The van der Waals surface area contributed by atoms with Crippen molar-refractivity contribution in [1.82, 2.24) is 14.9 Å². The van der Waals surface area contributed by atoms with Crippen LogP contribution in [0, 0.1) is 0 Å². The van der Waals surface area contributed by atoms with Gasteiger partial charge in [0.05, 0.1) is 5.56 Å². The summed E-state index contributed by atoms with van der Waals surface area (Å²) < 4.78 is 5.71. The Labute approximate surface area is 156 Å². The first-order valence-electron chi connectivity index (χ1n) is 8.56. The Kier molecular flexibility index (Phi) is 4.38. The number of nitrogens with zero attached hydrogens (tertiary/aromatic N) is 3. The lowest BCUT2D eigenvalue weighted by Gasteiger charge is -2.24. The van der Waals surface area contributed by atoms with Crippen LogP contribution in [0.25, 0.3) is 22.7 Å². The molecule has 6 nitrogen and oxygen atoms in total. The van der Waals surface area contributed by atoms with Crippen molar-refractivity contribution in [2.75, 3.05) is 7.05 Å². The van der Waals surface area contributed by atoms with Gasteiger partial charge in [-0.25, -0.2) is 4.98 Å². The lowest BCUT2D eigenvalue weighted by atomic mass is 10.1. The molecule has 0 spiro atoms. The number of pyridine rings is 1. The number of hydrogen-bond acceptors (Lipinski definition) is 5. The number of benzene rings is 1. The second-order valence-electron chi connectivity index (χ2n) is 6.71. The van der Waals surface area contributed by atoms with Gasteiger partial charge in [-0.2, -0.15) is 0 Å². The number of carbonyl (C=O) groups excluding carboxylic acids is 1. The summed E-state index contributed by atoms with van der Waals surface area (Å²) in [7, 11) is 1.82. The summed E-state index contributed by atoms with van der Waals surface area (Å²) in [5.41, 5.74) is 8.37. The van der Waals surface area contributed by atoms with Crippen LogP contribution in [-0.2, 0) is 0 Å². The second-order valence-corrected chi connectivity index (χ2v) is 7.14. The van der Waals surface area contributed by atoms with Crippen molar-refractivity contribution in [1.29, 1.82) is 0 Å². The zero-order valence-electron chi connectivity index (χ0n) is 14.4. The van der Waals surface area contributed by atoms with E-state index in [-0.39, 0.29) is 18.0 Å². The molecule has 0 saturated heterocycles. The summed E-state index contributed by atoms with van der Waals surface area (Å²) in [6.07, 6.45) is 4.31. The molecule has 1 aliphatic carbocycles. The third-order valence-corrected chi connectivity index (χ3v) is 5.13. The van der Waals surface area contributed by atoms with E-state index in [1.165, 1.54) is 0 Å². The van der Waals surface area contributed by atoms with Gasteiger partial charge < -0.3 is 15.1 Å². The minimum absolute atomic E-state index is 0.0486. The Hall–Kier alpha value is -2.44. The van der Waals surface area contributed by atoms with Crippen LogP contribution in [0.2, 0.25) is 5.02 Å². The van der Waals surface area contributed by atoms with Crippen molar-refractivity contribution in [2.45, 2.75) is 31.3 Å². The molecule has 0 aliphatic heterocycles. The SMILES string of the molecule is CN(C(=O)c1ccc(-c2nc3ccc(Cl)cc3o2)nc1)C1CCC(N)C1. The van der Waals surface area contributed by atoms with Gasteiger partial charge in [0, 0.05) is 36.4 Å². The molecular formula is C19H19ClN4O2. The highest BCUT2D eigenvalue weighted by molar-refractivity contribution is 6.31. The van der Waals surface area contributed by atoms with Crippen molar-refractivity contribution >= 4 is 28.6 Å². The van der Waals surface area contributed by atoms with Gasteiger partial charge in [0.1, 0.15) is 11.2 Å². The highest BCUT2D eigenvalue weighted by Crippen LogP contribution is 2.26. The predicted octanol–water partition coefficient (Wildman–Crippen LogP) is 3.50. The monoisotopic (exact) mass is 370 g/mol. The number of fused-ring (bicyclic) bond motifs is 1. The van der Waals surface area contributed by atoms with Gasteiger partial charge in [-0.05, 0) is 43.5 Å². The molecule has 3 aromatic rings. The normalized spacial score (nSPS) is 19.8. The molecule has 0 radical (unpaired) electrons. The Balaban J connectivity index is 1.54. The van der Waals surface area contributed by atoms with Crippen LogP contribution in [0.1, 0.15) is 29.6 Å². The molecule has 2 aromatic heterocycles. The van der Waals surface area contributed by atoms with Crippen LogP contribution in [0.5, 0.6) is 0 Å². The van der Waals surface area contributed by atoms with Gasteiger partial charge >= 0.3 is 0 Å². The maximum absolute atomic E-state index is 12.7. The van der Waals surface area contributed by atoms with E-state index in [9.17, 15) is 4.79 Å². The topological polar surface area (TPSA) is 85.2 Å². The smallest absolute Gasteiger partial charge is 0.255 e. The number of hydrogen-bond donors (Lipinski definition) is 1. The van der Waals surface area contributed by atoms with E-state index in [4.69, 9.17) is 21.8 Å². The molecule has 1 amide bonds. The molecule has 134 valence electrons. The van der Waals surface area contributed by atoms with Crippen molar-refractivity contribution in [3.05, 3.63) is 47.1 Å².